The lowest BCUT2D eigenvalue weighted by atomic mass is 9.89. The number of hydrogen-bond donors (Lipinski definition) is 1. The Morgan fingerprint density at radius 2 is 1.83 bits per heavy atom. The smallest absolute Gasteiger partial charge is 0.195 e. The number of aliphatic imine (C=N–C) groups is 1. The van der Waals surface area contributed by atoms with Crippen molar-refractivity contribution in [3.63, 3.8) is 0 Å². The minimum absolute atomic E-state index is 0.0154. The molecule has 2 heterocycles. The SMILES string of the molecule is CCOC1=N[C@H]2Nc3ccccc3N(C)[C@H]2[C@@H]1c1ccccc1. The van der Waals surface area contributed by atoms with Crippen LogP contribution in [0.3, 0.4) is 0 Å². The van der Waals surface area contributed by atoms with Gasteiger partial charge in [-0.25, -0.2) is 4.99 Å². The number of ether oxygens (including phenoxy) is 1. The number of rotatable bonds is 2. The van der Waals surface area contributed by atoms with Gasteiger partial charge >= 0.3 is 0 Å². The van der Waals surface area contributed by atoms with Crippen LogP contribution in [0.2, 0.25) is 0 Å². The molecule has 1 N–H and O–H groups in total. The summed E-state index contributed by atoms with van der Waals surface area (Å²) in [7, 11) is 2.15. The molecule has 4 nitrogen and oxygen atoms in total. The van der Waals surface area contributed by atoms with E-state index in [9.17, 15) is 0 Å². The van der Waals surface area contributed by atoms with Crippen molar-refractivity contribution < 1.29 is 4.74 Å². The fourth-order valence-corrected chi connectivity index (χ4v) is 3.67. The minimum atomic E-state index is 0.0154. The zero-order valence-corrected chi connectivity index (χ0v) is 13.4. The highest BCUT2D eigenvalue weighted by Gasteiger charge is 2.46. The summed E-state index contributed by atoms with van der Waals surface area (Å²) in [5, 5.41) is 3.57. The van der Waals surface area contributed by atoms with Crippen LogP contribution in [0.15, 0.2) is 59.6 Å². The Morgan fingerprint density at radius 1 is 1.09 bits per heavy atom. The quantitative estimate of drug-likeness (QED) is 0.923. The van der Waals surface area contributed by atoms with Gasteiger partial charge in [-0.1, -0.05) is 42.5 Å². The van der Waals surface area contributed by atoms with E-state index in [1.54, 1.807) is 0 Å². The van der Waals surface area contributed by atoms with Crippen molar-refractivity contribution in [3.8, 4) is 0 Å². The van der Waals surface area contributed by atoms with Gasteiger partial charge in [-0.3, -0.25) is 0 Å². The minimum Gasteiger partial charge on any atom is -0.481 e. The summed E-state index contributed by atoms with van der Waals surface area (Å²) < 4.78 is 5.89. The van der Waals surface area contributed by atoms with Crippen molar-refractivity contribution in [1.82, 2.24) is 0 Å². The van der Waals surface area contributed by atoms with Gasteiger partial charge in [0.05, 0.1) is 29.9 Å². The fraction of sp³-hybridized carbons (Fsp3) is 0.316. The monoisotopic (exact) mass is 307 g/mol. The molecule has 0 saturated heterocycles. The summed E-state index contributed by atoms with van der Waals surface area (Å²) in [6.45, 7) is 2.65. The van der Waals surface area contributed by atoms with E-state index >= 15 is 0 Å². The molecule has 118 valence electrons. The van der Waals surface area contributed by atoms with Crippen molar-refractivity contribution in [2.45, 2.75) is 25.0 Å². The molecule has 0 saturated carbocycles. The Morgan fingerprint density at radius 3 is 2.61 bits per heavy atom. The Balaban J connectivity index is 1.78. The first-order chi connectivity index (χ1) is 11.3. The summed E-state index contributed by atoms with van der Waals surface area (Å²) in [6, 6.07) is 19.1. The summed E-state index contributed by atoms with van der Waals surface area (Å²) in [6.07, 6.45) is 0.0154. The zero-order chi connectivity index (χ0) is 15.8. The van der Waals surface area contributed by atoms with Crippen LogP contribution in [0.5, 0.6) is 0 Å². The molecule has 3 atom stereocenters. The standard InChI is InChI=1S/C19H21N3O/c1-3-23-19-16(13-9-5-4-6-10-13)17-18(21-19)20-14-11-7-8-12-15(14)22(17)2/h4-12,16-18,20H,3H2,1-2H3/t16-,17-,18+/m0/s1. The van der Waals surface area contributed by atoms with Crippen molar-refractivity contribution >= 4 is 17.3 Å². The molecule has 0 radical (unpaired) electrons. The average Bonchev–Trinajstić information content (AvgIpc) is 2.94. The van der Waals surface area contributed by atoms with Crippen LogP contribution in [0.25, 0.3) is 0 Å². The van der Waals surface area contributed by atoms with Gasteiger partial charge in [0.1, 0.15) is 6.17 Å². The molecule has 0 fully saturated rings. The Hall–Kier alpha value is -2.49. The number of benzene rings is 2. The van der Waals surface area contributed by atoms with Crippen molar-refractivity contribution in [1.29, 1.82) is 0 Å². The third-order valence-corrected chi connectivity index (χ3v) is 4.68. The molecular formula is C19H21N3O. The van der Waals surface area contributed by atoms with E-state index in [1.165, 1.54) is 11.3 Å². The Labute approximate surface area is 136 Å². The lowest BCUT2D eigenvalue weighted by molar-refractivity contribution is 0.313. The first-order valence-corrected chi connectivity index (χ1v) is 8.13. The highest BCUT2D eigenvalue weighted by Crippen LogP contribution is 2.42. The number of nitrogens with zero attached hydrogens (tertiary/aromatic N) is 2. The van der Waals surface area contributed by atoms with Crippen LogP contribution in [0, 0.1) is 0 Å². The zero-order valence-electron chi connectivity index (χ0n) is 13.4. The molecule has 0 aliphatic carbocycles. The molecule has 4 heteroatoms. The van der Waals surface area contributed by atoms with Gasteiger partial charge in [-0.2, -0.15) is 0 Å². The lowest BCUT2D eigenvalue weighted by Crippen LogP contribution is -2.49. The van der Waals surface area contributed by atoms with Crippen molar-refractivity contribution in [2.75, 3.05) is 23.9 Å². The normalized spacial score (nSPS) is 25.2. The highest BCUT2D eigenvalue weighted by atomic mass is 16.5. The van der Waals surface area contributed by atoms with E-state index in [0.717, 1.165) is 11.6 Å². The van der Waals surface area contributed by atoms with Gasteiger partial charge in [0, 0.05) is 7.05 Å². The van der Waals surface area contributed by atoms with Gasteiger partial charge in [0.15, 0.2) is 5.90 Å². The average molecular weight is 307 g/mol. The van der Waals surface area contributed by atoms with Crippen LogP contribution >= 0.6 is 0 Å². The number of para-hydroxylation sites is 2. The van der Waals surface area contributed by atoms with E-state index in [0.29, 0.717) is 6.61 Å². The van der Waals surface area contributed by atoms with Crippen LogP contribution in [0.1, 0.15) is 18.4 Å². The maximum absolute atomic E-state index is 5.89. The molecule has 2 aliphatic heterocycles. The molecule has 2 aromatic rings. The molecule has 23 heavy (non-hydrogen) atoms. The van der Waals surface area contributed by atoms with E-state index in [-0.39, 0.29) is 18.1 Å². The number of fused-ring (bicyclic) bond motifs is 2. The first-order valence-electron chi connectivity index (χ1n) is 8.13. The van der Waals surface area contributed by atoms with E-state index in [2.05, 4.69) is 65.8 Å². The second kappa shape index (κ2) is 5.61. The topological polar surface area (TPSA) is 36.9 Å². The molecule has 0 aromatic heterocycles. The van der Waals surface area contributed by atoms with Crippen molar-refractivity contribution in [3.05, 3.63) is 60.2 Å². The molecule has 0 unspecified atom stereocenters. The van der Waals surface area contributed by atoms with Gasteiger partial charge < -0.3 is 15.0 Å². The van der Waals surface area contributed by atoms with Gasteiger partial charge in [-0.05, 0) is 24.6 Å². The maximum atomic E-state index is 5.89. The molecular weight excluding hydrogens is 286 g/mol. The largest absolute Gasteiger partial charge is 0.481 e. The molecule has 0 bridgehead atoms. The summed E-state index contributed by atoms with van der Waals surface area (Å²) in [5.41, 5.74) is 3.59. The predicted octanol–water partition coefficient (Wildman–Crippen LogP) is 3.48. The van der Waals surface area contributed by atoms with E-state index in [4.69, 9.17) is 9.73 Å². The number of hydrogen-bond acceptors (Lipinski definition) is 4. The summed E-state index contributed by atoms with van der Waals surface area (Å²) in [5.74, 6) is 0.980. The van der Waals surface area contributed by atoms with Crippen LogP contribution in [-0.4, -0.2) is 31.8 Å². The third kappa shape index (κ3) is 2.25. The third-order valence-electron chi connectivity index (χ3n) is 4.68. The van der Waals surface area contributed by atoms with Crippen LogP contribution in [0.4, 0.5) is 11.4 Å². The van der Waals surface area contributed by atoms with Crippen LogP contribution < -0.4 is 10.2 Å². The highest BCUT2D eigenvalue weighted by molar-refractivity contribution is 5.90. The second-order valence-corrected chi connectivity index (χ2v) is 6.00. The number of anilines is 2. The number of likely N-dealkylation sites (N-methyl/N-ethyl adjacent to an activating group) is 1. The van der Waals surface area contributed by atoms with Gasteiger partial charge in [0.25, 0.3) is 0 Å². The van der Waals surface area contributed by atoms with Gasteiger partial charge in [-0.15, -0.1) is 0 Å². The molecule has 4 rings (SSSR count). The number of nitrogens with one attached hydrogen (secondary N) is 1. The molecule has 0 amide bonds. The first kappa shape index (κ1) is 14.1. The molecule has 2 aromatic carbocycles. The maximum Gasteiger partial charge on any atom is 0.195 e. The van der Waals surface area contributed by atoms with E-state index < -0.39 is 0 Å². The Bertz CT molecular complexity index is 728. The Kier molecular flexibility index (Phi) is 3.45. The summed E-state index contributed by atoms with van der Waals surface area (Å²) in [4.78, 5) is 7.19. The molecule has 0 spiro atoms. The van der Waals surface area contributed by atoms with Crippen LogP contribution in [-0.2, 0) is 4.74 Å². The van der Waals surface area contributed by atoms with Gasteiger partial charge in [0.2, 0.25) is 0 Å². The van der Waals surface area contributed by atoms with Crippen molar-refractivity contribution in [2.24, 2.45) is 4.99 Å². The second-order valence-electron chi connectivity index (χ2n) is 6.00. The summed E-state index contributed by atoms with van der Waals surface area (Å²) >= 11 is 0. The fourth-order valence-electron chi connectivity index (χ4n) is 3.67. The van der Waals surface area contributed by atoms with E-state index in [1.807, 2.05) is 13.0 Å². The molecule has 2 aliphatic rings. The lowest BCUT2D eigenvalue weighted by Gasteiger charge is -2.40. The predicted molar refractivity (Wildman–Crippen MR) is 94.3 cm³/mol.